The van der Waals surface area contributed by atoms with Gasteiger partial charge in [-0.2, -0.15) is 0 Å². The highest BCUT2D eigenvalue weighted by Gasteiger charge is 2.10. The molecular weight excluding hydrogens is 236 g/mol. The summed E-state index contributed by atoms with van der Waals surface area (Å²) in [5.41, 5.74) is 4.50. The maximum absolute atomic E-state index is 5.40. The van der Waals surface area contributed by atoms with Gasteiger partial charge in [-0.25, -0.2) is 0 Å². The molecular formula is C16H20N2O. The van der Waals surface area contributed by atoms with Crippen LogP contribution in [0.15, 0.2) is 36.5 Å². The van der Waals surface area contributed by atoms with Gasteiger partial charge in [-0.05, 0) is 42.8 Å². The first-order valence-corrected chi connectivity index (χ1v) is 6.56. The molecule has 0 saturated carbocycles. The van der Waals surface area contributed by atoms with Crippen molar-refractivity contribution < 1.29 is 4.74 Å². The van der Waals surface area contributed by atoms with E-state index in [0.29, 0.717) is 0 Å². The highest BCUT2D eigenvalue weighted by molar-refractivity contribution is 5.70. The van der Waals surface area contributed by atoms with Gasteiger partial charge in [-0.15, -0.1) is 0 Å². The molecule has 0 fully saturated rings. The Morgan fingerprint density at radius 1 is 1.26 bits per heavy atom. The van der Waals surface area contributed by atoms with E-state index in [0.717, 1.165) is 30.1 Å². The fraction of sp³-hybridized carbons (Fsp3) is 0.312. The third-order valence-corrected chi connectivity index (χ3v) is 3.13. The van der Waals surface area contributed by atoms with E-state index in [-0.39, 0.29) is 0 Å². The van der Waals surface area contributed by atoms with Crippen molar-refractivity contribution >= 4 is 0 Å². The van der Waals surface area contributed by atoms with E-state index in [9.17, 15) is 0 Å². The number of nitrogens with zero attached hydrogens (tertiary/aromatic N) is 1. The van der Waals surface area contributed by atoms with Gasteiger partial charge < -0.3 is 10.1 Å². The number of aromatic nitrogens is 1. The van der Waals surface area contributed by atoms with E-state index in [1.807, 2.05) is 12.1 Å². The summed E-state index contributed by atoms with van der Waals surface area (Å²) < 4.78 is 5.40. The van der Waals surface area contributed by atoms with Crippen LogP contribution in [0.3, 0.4) is 0 Å². The van der Waals surface area contributed by atoms with E-state index < -0.39 is 0 Å². The third-order valence-electron chi connectivity index (χ3n) is 3.13. The van der Waals surface area contributed by atoms with Crippen molar-refractivity contribution in [1.29, 1.82) is 0 Å². The van der Waals surface area contributed by atoms with Crippen molar-refractivity contribution in [3.05, 3.63) is 47.7 Å². The largest absolute Gasteiger partial charge is 0.494 e. The molecule has 1 N–H and O–H groups in total. The number of ether oxygens (including phenoxy) is 1. The molecule has 0 spiro atoms. The second-order valence-electron chi connectivity index (χ2n) is 4.48. The summed E-state index contributed by atoms with van der Waals surface area (Å²) in [5, 5.41) is 3.34. The summed E-state index contributed by atoms with van der Waals surface area (Å²) in [6, 6.07) is 10.3. The van der Waals surface area contributed by atoms with Gasteiger partial charge in [-0.1, -0.05) is 19.1 Å². The van der Waals surface area contributed by atoms with Crippen LogP contribution < -0.4 is 10.1 Å². The molecule has 100 valence electrons. The van der Waals surface area contributed by atoms with Crippen molar-refractivity contribution in [3.8, 4) is 17.0 Å². The Kier molecular flexibility index (Phi) is 4.53. The number of hydrogen-bond donors (Lipinski definition) is 1. The quantitative estimate of drug-likeness (QED) is 0.892. The zero-order chi connectivity index (χ0) is 13.7. The zero-order valence-corrected chi connectivity index (χ0v) is 11.7. The number of methoxy groups -OCH3 is 1. The van der Waals surface area contributed by atoms with Gasteiger partial charge in [0, 0.05) is 18.3 Å². The molecule has 0 radical (unpaired) electrons. The lowest BCUT2D eigenvalue weighted by Gasteiger charge is -2.12. The monoisotopic (exact) mass is 256 g/mol. The molecule has 0 unspecified atom stereocenters. The van der Waals surface area contributed by atoms with E-state index in [4.69, 9.17) is 4.74 Å². The van der Waals surface area contributed by atoms with Gasteiger partial charge in [0.1, 0.15) is 11.4 Å². The average Bonchev–Trinajstić information content (AvgIpc) is 2.46. The van der Waals surface area contributed by atoms with Crippen molar-refractivity contribution in [2.75, 3.05) is 13.7 Å². The Hall–Kier alpha value is -1.87. The standard InChI is InChI=1S/C16H20N2O/c1-4-17-11-13-8-7-12(2)14(10-13)16-15(19-3)6-5-9-18-16/h5-10,17H,4,11H2,1-3H3. The van der Waals surface area contributed by atoms with E-state index in [1.165, 1.54) is 11.1 Å². The van der Waals surface area contributed by atoms with Gasteiger partial charge in [0.2, 0.25) is 0 Å². The Bertz CT molecular complexity index is 552. The molecule has 0 aliphatic rings. The predicted molar refractivity (Wildman–Crippen MR) is 78.3 cm³/mol. The second kappa shape index (κ2) is 6.34. The Morgan fingerprint density at radius 3 is 2.84 bits per heavy atom. The molecule has 0 saturated heterocycles. The first-order chi connectivity index (χ1) is 9.26. The lowest BCUT2D eigenvalue weighted by atomic mass is 10.0. The minimum atomic E-state index is 0.811. The summed E-state index contributed by atoms with van der Waals surface area (Å²) >= 11 is 0. The van der Waals surface area contributed by atoms with Crippen molar-refractivity contribution in [2.24, 2.45) is 0 Å². The summed E-state index contributed by atoms with van der Waals surface area (Å²) in [6.45, 7) is 6.05. The number of pyridine rings is 1. The number of aryl methyl sites for hydroxylation is 1. The lowest BCUT2D eigenvalue weighted by molar-refractivity contribution is 0.415. The van der Waals surface area contributed by atoms with E-state index in [1.54, 1.807) is 13.3 Å². The molecule has 0 bridgehead atoms. The number of rotatable bonds is 5. The topological polar surface area (TPSA) is 34.2 Å². The van der Waals surface area contributed by atoms with Crippen LogP contribution in [0, 0.1) is 6.92 Å². The highest BCUT2D eigenvalue weighted by Crippen LogP contribution is 2.30. The zero-order valence-electron chi connectivity index (χ0n) is 11.7. The SMILES string of the molecule is CCNCc1ccc(C)c(-c2ncccc2OC)c1. The Morgan fingerprint density at radius 2 is 2.11 bits per heavy atom. The van der Waals surface area contributed by atoms with Gasteiger partial charge >= 0.3 is 0 Å². The molecule has 1 heterocycles. The first kappa shape index (κ1) is 13.6. The maximum atomic E-state index is 5.40. The van der Waals surface area contributed by atoms with Crippen molar-refractivity contribution in [3.63, 3.8) is 0 Å². The number of hydrogen-bond acceptors (Lipinski definition) is 3. The van der Waals surface area contributed by atoms with Gasteiger partial charge in [0.15, 0.2) is 0 Å². The molecule has 2 aromatic rings. The van der Waals surface area contributed by atoms with E-state index >= 15 is 0 Å². The highest BCUT2D eigenvalue weighted by atomic mass is 16.5. The molecule has 1 aromatic heterocycles. The van der Waals surface area contributed by atoms with Crippen LogP contribution in [0.25, 0.3) is 11.3 Å². The molecule has 0 atom stereocenters. The fourth-order valence-electron chi connectivity index (χ4n) is 2.06. The van der Waals surface area contributed by atoms with Crippen LogP contribution in [-0.2, 0) is 6.54 Å². The van der Waals surface area contributed by atoms with Crippen LogP contribution in [-0.4, -0.2) is 18.6 Å². The normalized spacial score (nSPS) is 10.5. The van der Waals surface area contributed by atoms with Gasteiger partial charge in [-0.3, -0.25) is 4.98 Å². The molecule has 3 heteroatoms. The van der Waals surface area contributed by atoms with Gasteiger partial charge in [0.25, 0.3) is 0 Å². The Balaban J connectivity index is 2.42. The molecule has 1 aromatic carbocycles. The summed E-state index contributed by atoms with van der Waals surface area (Å²) in [5.74, 6) is 0.811. The fourth-order valence-corrected chi connectivity index (χ4v) is 2.06. The van der Waals surface area contributed by atoms with Crippen LogP contribution >= 0.6 is 0 Å². The lowest BCUT2D eigenvalue weighted by Crippen LogP contribution is -2.11. The second-order valence-corrected chi connectivity index (χ2v) is 4.48. The van der Waals surface area contributed by atoms with Gasteiger partial charge in [0.05, 0.1) is 7.11 Å². The van der Waals surface area contributed by atoms with Crippen molar-refractivity contribution in [1.82, 2.24) is 10.3 Å². The predicted octanol–water partition coefficient (Wildman–Crippen LogP) is 3.18. The average molecular weight is 256 g/mol. The molecule has 19 heavy (non-hydrogen) atoms. The molecule has 2 rings (SSSR count). The summed E-state index contributed by atoms with van der Waals surface area (Å²) in [6.07, 6.45) is 1.80. The molecule has 3 nitrogen and oxygen atoms in total. The van der Waals surface area contributed by atoms with E-state index in [2.05, 4.69) is 42.3 Å². The minimum absolute atomic E-state index is 0.811. The number of benzene rings is 1. The number of nitrogens with one attached hydrogen (secondary N) is 1. The first-order valence-electron chi connectivity index (χ1n) is 6.56. The van der Waals surface area contributed by atoms with Crippen LogP contribution in [0.5, 0.6) is 5.75 Å². The maximum Gasteiger partial charge on any atom is 0.145 e. The molecule has 0 aliphatic heterocycles. The minimum Gasteiger partial charge on any atom is -0.494 e. The Labute approximate surface area is 114 Å². The van der Waals surface area contributed by atoms with Crippen LogP contribution in [0.4, 0.5) is 0 Å². The molecule has 0 amide bonds. The molecule has 0 aliphatic carbocycles. The van der Waals surface area contributed by atoms with Crippen LogP contribution in [0.1, 0.15) is 18.1 Å². The smallest absolute Gasteiger partial charge is 0.145 e. The summed E-state index contributed by atoms with van der Waals surface area (Å²) in [4.78, 5) is 4.46. The third kappa shape index (κ3) is 3.12. The summed E-state index contributed by atoms with van der Waals surface area (Å²) in [7, 11) is 1.68. The van der Waals surface area contributed by atoms with Crippen LogP contribution in [0.2, 0.25) is 0 Å². The van der Waals surface area contributed by atoms with Crippen molar-refractivity contribution in [2.45, 2.75) is 20.4 Å².